The van der Waals surface area contributed by atoms with E-state index in [1.165, 1.54) is 6.42 Å². The second kappa shape index (κ2) is 6.32. The lowest BCUT2D eigenvalue weighted by Gasteiger charge is -2.27. The van der Waals surface area contributed by atoms with Gasteiger partial charge < -0.3 is 16.0 Å². The Morgan fingerprint density at radius 2 is 1.91 bits per heavy atom. The van der Waals surface area contributed by atoms with Gasteiger partial charge in [0.2, 0.25) is 0 Å². The van der Waals surface area contributed by atoms with Crippen LogP contribution in [-0.2, 0) is 7.05 Å². The predicted molar refractivity (Wildman–Crippen MR) is 91.8 cm³/mol. The fourth-order valence-corrected chi connectivity index (χ4v) is 3.05. The van der Waals surface area contributed by atoms with Crippen molar-refractivity contribution in [3.63, 3.8) is 0 Å². The fourth-order valence-electron chi connectivity index (χ4n) is 3.05. The van der Waals surface area contributed by atoms with Crippen LogP contribution in [0.25, 0.3) is 0 Å². The lowest BCUT2D eigenvalue weighted by Crippen LogP contribution is -2.36. The maximum Gasteiger partial charge on any atom is 0.274 e. The molecule has 1 aromatic carbocycles. The zero-order chi connectivity index (χ0) is 16.4. The Labute approximate surface area is 136 Å². The number of anilines is 3. The molecule has 0 unspecified atom stereocenters. The first kappa shape index (κ1) is 15.4. The van der Waals surface area contributed by atoms with Crippen LogP contribution in [0.2, 0.25) is 0 Å². The maximum absolute atomic E-state index is 12.9. The number of para-hydroxylation sites is 2. The quantitative estimate of drug-likeness (QED) is 0.854. The molecule has 122 valence electrons. The summed E-state index contributed by atoms with van der Waals surface area (Å²) in [5, 5.41) is 7.71. The number of nitrogen functional groups attached to an aromatic ring is 1. The lowest BCUT2D eigenvalue weighted by atomic mass is 10.1. The number of aryl methyl sites for hydroxylation is 2. The van der Waals surface area contributed by atoms with Crippen molar-refractivity contribution in [1.29, 1.82) is 0 Å². The van der Waals surface area contributed by atoms with Crippen molar-refractivity contribution in [3.05, 3.63) is 35.7 Å². The SMILES string of the molecule is Cc1nn(C)c(C(=O)N2CCCCC2)c1Nc1ccccc1N. The van der Waals surface area contributed by atoms with Crippen molar-refractivity contribution in [3.8, 4) is 0 Å². The molecule has 3 rings (SSSR count). The number of amides is 1. The van der Waals surface area contributed by atoms with Crippen molar-refractivity contribution in [2.24, 2.45) is 7.05 Å². The Kier molecular flexibility index (Phi) is 4.23. The first-order valence-corrected chi connectivity index (χ1v) is 8.02. The number of aromatic nitrogens is 2. The smallest absolute Gasteiger partial charge is 0.274 e. The molecule has 1 aliphatic heterocycles. The van der Waals surface area contributed by atoms with E-state index in [1.54, 1.807) is 4.68 Å². The zero-order valence-corrected chi connectivity index (χ0v) is 13.7. The summed E-state index contributed by atoms with van der Waals surface area (Å²) in [7, 11) is 1.81. The lowest BCUT2D eigenvalue weighted by molar-refractivity contribution is 0.0714. The van der Waals surface area contributed by atoms with Crippen LogP contribution >= 0.6 is 0 Å². The van der Waals surface area contributed by atoms with E-state index in [4.69, 9.17) is 5.73 Å². The topological polar surface area (TPSA) is 76.2 Å². The predicted octanol–water partition coefficient (Wildman–Crippen LogP) is 2.68. The van der Waals surface area contributed by atoms with Crippen molar-refractivity contribution in [2.75, 3.05) is 24.1 Å². The van der Waals surface area contributed by atoms with Crippen LogP contribution in [0.3, 0.4) is 0 Å². The highest BCUT2D eigenvalue weighted by atomic mass is 16.2. The second-order valence-corrected chi connectivity index (χ2v) is 6.00. The van der Waals surface area contributed by atoms with E-state index in [0.29, 0.717) is 11.4 Å². The number of carbonyl (C=O) groups excluding carboxylic acids is 1. The molecule has 1 fully saturated rings. The van der Waals surface area contributed by atoms with Crippen LogP contribution < -0.4 is 11.1 Å². The number of nitrogens with one attached hydrogen (secondary N) is 1. The molecule has 2 heterocycles. The molecule has 0 bridgehead atoms. The summed E-state index contributed by atoms with van der Waals surface area (Å²) in [5.74, 6) is 0.0322. The van der Waals surface area contributed by atoms with Gasteiger partial charge >= 0.3 is 0 Å². The monoisotopic (exact) mass is 313 g/mol. The number of nitrogens with zero attached hydrogens (tertiary/aromatic N) is 3. The molecule has 3 N–H and O–H groups in total. The van der Waals surface area contributed by atoms with Crippen LogP contribution in [0.15, 0.2) is 24.3 Å². The van der Waals surface area contributed by atoms with Crippen LogP contribution in [0.1, 0.15) is 35.4 Å². The Morgan fingerprint density at radius 3 is 2.61 bits per heavy atom. The number of hydrogen-bond acceptors (Lipinski definition) is 4. The normalized spacial score (nSPS) is 14.8. The molecule has 23 heavy (non-hydrogen) atoms. The maximum atomic E-state index is 12.9. The summed E-state index contributed by atoms with van der Waals surface area (Å²) in [5.41, 5.74) is 9.56. The minimum atomic E-state index is 0.0322. The summed E-state index contributed by atoms with van der Waals surface area (Å²) in [4.78, 5) is 14.8. The van der Waals surface area contributed by atoms with E-state index >= 15 is 0 Å². The highest BCUT2D eigenvalue weighted by Crippen LogP contribution is 2.29. The minimum Gasteiger partial charge on any atom is -0.397 e. The fraction of sp³-hybridized carbons (Fsp3) is 0.412. The third-order valence-electron chi connectivity index (χ3n) is 4.29. The second-order valence-electron chi connectivity index (χ2n) is 6.00. The van der Waals surface area contributed by atoms with Gasteiger partial charge in [-0.2, -0.15) is 5.10 Å². The Bertz CT molecular complexity index is 716. The van der Waals surface area contributed by atoms with E-state index in [9.17, 15) is 4.79 Å². The van der Waals surface area contributed by atoms with Crippen LogP contribution in [0.5, 0.6) is 0 Å². The first-order chi connectivity index (χ1) is 11.1. The molecule has 1 saturated heterocycles. The molecule has 1 amide bonds. The third kappa shape index (κ3) is 3.02. The summed E-state index contributed by atoms with van der Waals surface area (Å²) in [6.45, 7) is 3.53. The van der Waals surface area contributed by atoms with Crippen molar-refractivity contribution < 1.29 is 4.79 Å². The minimum absolute atomic E-state index is 0.0322. The number of rotatable bonds is 3. The zero-order valence-electron chi connectivity index (χ0n) is 13.7. The molecule has 0 radical (unpaired) electrons. The van der Waals surface area contributed by atoms with Gasteiger partial charge in [0, 0.05) is 20.1 Å². The van der Waals surface area contributed by atoms with Gasteiger partial charge in [-0.15, -0.1) is 0 Å². The van der Waals surface area contributed by atoms with E-state index < -0.39 is 0 Å². The summed E-state index contributed by atoms with van der Waals surface area (Å²) in [6.07, 6.45) is 3.33. The highest BCUT2D eigenvalue weighted by molar-refractivity contribution is 5.99. The van der Waals surface area contributed by atoms with Crippen molar-refractivity contribution in [2.45, 2.75) is 26.2 Å². The van der Waals surface area contributed by atoms with Gasteiger partial charge in [0.1, 0.15) is 5.69 Å². The van der Waals surface area contributed by atoms with Crippen LogP contribution in [0, 0.1) is 6.92 Å². The summed E-state index contributed by atoms with van der Waals surface area (Å²) >= 11 is 0. The molecule has 0 saturated carbocycles. The van der Waals surface area contributed by atoms with Crippen LogP contribution in [-0.4, -0.2) is 33.7 Å². The van der Waals surface area contributed by atoms with Gasteiger partial charge in [0.25, 0.3) is 5.91 Å². The molecule has 0 spiro atoms. The molecular formula is C17H23N5O. The van der Waals surface area contributed by atoms with Gasteiger partial charge in [-0.3, -0.25) is 9.48 Å². The molecule has 0 aliphatic carbocycles. The molecule has 1 aliphatic rings. The van der Waals surface area contributed by atoms with E-state index in [2.05, 4.69) is 10.4 Å². The molecular weight excluding hydrogens is 290 g/mol. The molecule has 2 aromatic rings. The number of nitrogens with two attached hydrogens (primary N) is 1. The number of benzene rings is 1. The largest absolute Gasteiger partial charge is 0.397 e. The number of hydrogen-bond donors (Lipinski definition) is 2. The van der Waals surface area contributed by atoms with Gasteiger partial charge in [0.05, 0.1) is 22.8 Å². The van der Waals surface area contributed by atoms with E-state index in [0.717, 1.165) is 43.0 Å². The van der Waals surface area contributed by atoms with Gasteiger partial charge in [0.15, 0.2) is 0 Å². The average Bonchev–Trinajstić information content (AvgIpc) is 2.83. The first-order valence-electron chi connectivity index (χ1n) is 8.02. The number of carbonyl (C=O) groups is 1. The Morgan fingerprint density at radius 1 is 1.22 bits per heavy atom. The summed E-state index contributed by atoms with van der Waals surface area (Å²) in [6, 6.07) is 7.53. The Balaban J connectivity index is 1.94. The molecule has 6 nitrogen and oxygen atoms in total. The highest BCUT2D eigenvalue weighted by Gasteiger charge is 2.26. The summed E-state index contributed by atoms with van der Waals surface area (Å²) < 4.78 is 1.66. The van der Waals surface area contributed by atoms with E-state index in [-0.39, 0.29) is 5.91 Å². The van der Waals surface area contributed by atoms with Crippen LogP contribution in [0.4, 0.5) is 17.1 Å². The van der Waals surface area contributed by atoms with Gasteiger partial charge in [-0.25, -0.2) is 0 Å². The number of likely N-dealkylation sites (tertiary alicyclic amines) is 1. The molecule has 6 heteroatoms. The van der Waals surface area contributed by atoms with Crippen molar-refractivity contribution in [1.82, 2.24) is 14.7 Å². The average molecular weight is 313 g/mol. The Hall–Kier alpha value is -2.50. The molecule has 0 atom stereocenters. The van der Waals surface area contributed by atoms with Crippen molar-refractivity contribution >= 4 is 23.0 Å². The third-order valence-corrected chi connectivity index (χ3v) is 4.29. The van der Waals surface area contributed by atoms with E-state index in [1.807, 2.05) is 43.1 Å². The molecule has 1 aromatic heterocycles. The van der Waals surface area contributed by atoms with Gasteiger partial charge in [-0.05, 0) is 38.3 Å². The number of piperidine rings is 1. The standard InChI is InChI=1S/C17H23N5O/c1-12-15(19-14-9-5-4-8-13(14)18)16(21(2)20-12)17(23)22-10-6-3-7-11-22/h4-5,8-9,19H,3,6-7,10-11,18H2,1-2H3. The van der Waals surface area contributed by atoms with Gasteiger partial charge in [-0.1, -0.05) is 12.1 Å².